The lowest BCUT2D eigenvalue weighted by Crippen LogP contribution is -2.06. The maximum atomic E-state index is 10.1. The van der Waals surface area contributed by atoms with Crippen LogP contribution < -0.4 is 22.9 Å². The number of anilines is 4. The molecule has 2 aromatic carbocycles. The quantitative estimate of drug-likeness (QED) is 0.429. The minimum Gasteiger partial charge on any atom is -0.399 e. The molecule has 6 heteroatoms. The van der Waals surface area contributed by atoms with E-state index >= 15 is 0 Å². The second-order valence-electron chi connectivity index (χ2n) is 5.01. The van der Waals surface area contributed by atoms with Crippen LogP contribution in [0, 0.1) is 0 Å². The van der Waals surface area contributed by atoms with Crippen molar-refractivity contribution in [3.05, 3.63) is 24.3 Å². The number of aliphatic hydroxyl groups excluding tert-OH is 1. The largest absolute Gasteiger partial charge is 0.399 e. The van der Waals surface area contributed by atoms with Gasteiger partial charge in [-0.1, -0.05) is 0 Å². The number of benzene rings is 2. The lowest BCUT2D eigenvalue weighted by atomic mass is 10.1. The van der Waals surface area contributed by atoms with Gasteiger partial charge >= 0.3 is 0 Å². The van der Waals surface area contributed by atoms with E-state index < -0.39 is 6.23 Å². The van der Waals surface area contributed by atoms with Crippen LogP contribution in [0.4, 0.5) is 22.7 Å². The molecule has 0 radical (unpaired) electrons. The molecule has 0 amide bonds. The first-order valence-electron chi connectivity index (χ1n) is 6.26. The average Bonchev–Trinajstić information content (AvgIpc) is 2.64. The topological polar surface area (TPSA) is 129 Å². The minimum absolute atomic E-state index is 0.495. The fourth-order valence-corrected chi connectivity index (χ4v) is 2.79. The Morgan fingerprint density at radius 1 is 0.850 bits per heavy atom. The van der Waals surface area contributed by atoms with E-state index in [1.54, 1.807) is 23.6 Å². The molecular formula is C14H17N5O. The number of nitrogens with two attached hydrogens (primary N) is 4. The van der Waals surface area contributed by atoms with Gasteiger partial charge < -0.3 is 32.6 Å². The van der Waals surface area contributed by atoms with Crippen molar-refractivity contribution in [1.82, 2.24) is 4.57 Å². The highest BCUT2D eigenvalue weighted by molar-refractivity contribution is 6.16. The van der Waals surface area contributed by atoms with E-state index in [0.717, 1.165) is 10.8 Å². The molecule has 0 saturated heterocycles. The van der Waals surface area contributed by atoms with Gasteiger partial charge in [-0.3, -0.25) is 0 Å². The lowest BCUT2D eigenvalue weighted by molar-refractivity contribution is 0.134. The predicted octanol–water partition coefficient (Wildman–Crippen LogP) is 1.63. The molecular weight excluding hydrogens is 254 g/mol. The molecule has 0 bridgehead atoms. The zero-order valence-electron chi connectivity index (χ0n) is 11.1. The second kappa shape index (κ2) is 3.94. The van der Waals surface area contributed by atoms with E-state index in [9.17, 15) is 5.11 Å². The Kier molecular flexibility index (Phi) is 2.45. The molecule has 9 N–H and O–H groups in total. The van der Waals surface area contributed by atoms with Gasteiger partial charge in [0.2, 0.25) is 0 Å². The fraction of sp³-hybridized carbons (Fsp3) is 0.143. The first-order chi connectivity index (χ1) is 9.40. The summed E-state index contributed by atoms with van der Waals surface area (Å²) in [6.07, 6.45) is -0.771. The van der Waals surface area contributed by atoms with E-state index in [4.69, 9.17) is 22.9 Å². The smallest absolute Gasteiger partial charge is 0.128 e. The van der Waals surface area contributed by atoms with Gasteiger partial charge in [0.05, 0.1) is 22.4 Å². The van der Waals surface area contributed by atoms with E-state index in [1.807, 2.05) is 12.1 Å². The van der Waals surface area contributed by atoms with Gasteiger partial charge in [-0.15, -0.1) is 0 Å². The van der Waals surface area contributed by atoms with Crippen LogP contribution in [0.3, 0.4) is 0 Å². The van der Waals surface area contributed by atoms with Crippen LogP contribution in [-0.4, -0.2) is 9.67 Å². The zero-order chi connectivity index (χ0) is 14.6. The van der Waals surface area contributed by atoms with Gasteiger partial charge in [0.25, 0.3) is 0 Å². The Morgan fingerprint density at radius 3 is 1.60 bits per heavy atom. The molecule has 3 rings (SSSR count). The number of aromatic nitrogens is 1. The Balaban J connectivity index is 2.67. The molecule has 20 heavy (non-hydrogen) atoms. The third-order valence-electron chi connectivity index (χ3n) is 3.47. The molecule has 1 unspecified atom stereocenters. The first-order valence-corrected chi connectivity index (χ1v) is 6.26. The molecule has 1 heterocycles. The van der Waals surface area contributed by atoms with E-state index in [2.05, 4.69) is 0 Å². The maximum Gasteiger partial charge on any atom is 0.128 e. The molecule has 0 aliphatic heterocycles. The number of aliphatic hydroxyl groups is 1. The standard InChI is InChI=1S/C14H17N5O/c1-6(20)19-13-9(2-7(15)4-11(13)17)10-3-8(16)5-12(18)14(10)19/h2-6,20H,15-18H2,1H3. The summed E-state index contributed by atoms with van der Waals surface area (Å²) >= 11 is 0. The molecule has 1 aromatic heterocycles. The van der Waals surface area contributed by atoms with Gasteiger partial charge in [0.15, 0.2) is 0 Å². The summed E-state index contributed by atoms with van der Waals surface area (Å²) < 4.78 is 1.70. The molecule has 6 nitrogen and oxygen atoms in total. The van der Waals surface area contributed by atoms with Crippen molar-refractivity contribution in [1.29, 1.82) is 0 Å². The molecule has 1 atom stereocenters. The van der Waals surface area contributed by atoms with Crippen LogP contribution in [0.5, 0.6) is 0 Å². The highest BCUT2D eigenvalue weighted by atomic mass is 16.3. The molecule has 104 valence electrons. The third kappa shape index (κ3) is 1.55. The van der Waals surface area contributed by atoms with E-state index in [-0.39, 0.29) is 0 Å². The summed E-state index contributed by atoms with van der Waals surface area (Å²) in [5.74, 6) is 0. The van der Waals surface area contributed by atoms with Crippen molar-refractivity contribution in [2.24, 2.45) is 0 Å². The van der Waals surface area contributed by atoms with Crippen molar-refractivity contribution in [2.45, 2.75) is 13.2 Å². The lowest BCUT2D eigenvalue weighted by Gasteiger charge is -2.13. The second-order valence-corrected chi connectivity index (χ2v) is 5.01. The number of nitrogens with zero attached hydrogens (tertiary/aromatic N) is 1. The maximum absolute atomic E-state index is 10.1. The molecule has 0 aliphatic rings. The Morgan fingerprint density at radius 2 is 1.25 bits per heavy atom. The fourth-order valence-electron chi connectivity index (χ4n) is 2.79. The summed E-state index contributed by atoms with van der Waals surface area (Å²) in [4.78, 5) is 0. The summed E-state index contributed by atoms with van der Waals surface area (Å²) in [7, 11) is 0. The van der Waals surface area contributed by atoms with Gasteiger partial charge in [-0.25, -0.2) is 0 Å². The van der Waals surface area contributed by atoms with Crippen molar-refractivity contribution in [3.8, 4) is 0 Å². The summed E-state index contributed by atoms with van der Waals surface area (Å²) in [5, 5.41) is 11.7. The van der Waals surface area contributed by atoms with Gasteiger partial charge in [-0.2, -0.15) is 0 Å². The minimum atomic E-state index is -0.771. The van der Waals surface area contributed by atoms with Gasteiger partial charge in [-0.05, 0) is 31.2 Å². The number of nitrogen functional groups attached to an aromatic ring is 4. The molecule has 0 aliphatic carbocycles. The Labute approximate surface area is 115 Å². The number of rotatable bonds is 1. The van der Waals surface area contributed by atoms with E-state index in [0.29, 0.717) is 33.8 Å². The normalized spacial score (nSPS) is 13.1. The molecule has 3 aromatic rings. The molecule has 0 spiro atoms. The number of hydrogen-bond acceptors (Lipinski definition) is 5. The predicted molar refractivity (Wildman–Crippen MR) is 84.0 cm³/mol. The van der Waals surface area contributed by atoms with Crippen molar-refractivity contribution >= 4 is 44.6 Å². The number of fused-ring (bicyclic) bond motifs is 3. The Bertz CT molecular complexity index is 770. The van der Waals surface area contributed by atoms with Crippen LogP contribution in [0.15, 0.2) is 24.3 Å². The van der Waals surface area contributed by atoms with Crippen LogP contribution in [0.1, 0.15) is 13.2 Å². The Hall–Kier alpha value is -2.60. The highest BCUT2D eigenvalue weighted by Crippen LogP contribution is 2.39. The van der Waals surface area contributed by atoms with Crippen molar-refractivity contribution < 1.29 is 5.11 Å². The average molecular weight is 271 g/mol. The molecule has 0 saturated carbocycles. The SMILES string of the molecule is CC(O)n1c2c(N)cc(N)cc2c2cc(N)cc(N)c21. The summed E-state index contributed by atoms with van der Waals surface area (Å²) in [6.45, 7) is 1.66. The number of hydrogen-bond donors (Lipinski definition) is 5. The third-order valence-corrected chi connectivity index (χ3v) is 3.47. The van der Waals surface area contributed by atoms with Gasteiger partial charge in [0, 0.05) is 22.1 Å². The first kappa shape index (κ1) is 12.4. The van der Waals surface area contributed by atoms with Crippen LogP contribution >= 0.6 is 0 Å². The highest BCUT2D eigenvalue weighted by Gasteiger charge is 2.18. The van der Waals surface area contributed by atoms with Crippen LogP contribution in [-0.2, 0) is 0 Å². The van der Waals surface area contributed by atoms with Crippen LogP contribution in [0.25, 0.3) is 21.8 Å². The van der Waals surface area contributed by atoms with Crippen molar-refractivity contribution in [3.63, 3.8) is 0 Å². The molecule has 0 fully saturated rings. The van der Waals surface area contributed by atoms with E-state index in [1.165, 1.54) is 0 Å². The van der Waals surface area contributed by atoms with Crippen molar-refractivity contribution in [2.75, 3.05) is 22.9 Å². The monoisotopic (exact) mass is 271 g/mol. The summed E-state index contributed by atoms with van der Waals surface area (Å²) in [5.41, 5.74) is 27.4. The summed E-state index contributed by atoms with van der Waals surface area (Å²) in [6, 6.07) is 6.96. The van der Waals surface area contributed by atoms with Crippen LogP contribution in [0.2, 0.25) is 0 Å². The van der Waals surface area contributed by atoms with Gasteiger partial charge in [0.1, 0.15) is 6.23 Å². The zero-order valence-corrected chi connectivity index (χ0v) is 11.1.